The highest BCUT2D eigenvalue weighted by atomic mass is 79.9. The Morgan fingerprint density at radius 2 is 1.89 bits per heavy atom. The van der Waals surface area contributed by atoms with Gasteiger partial charge in [0.2, 0.25) is 0 Å². The summed E-state index contributed by atoms with van der Waals surface area (Å²) in [6, 6.07) is 18.1. The van der Waals surface area contributed by atoms with Gasteiger partial charge >= 0.3 is 0 Å². The van der Waals surface area contributed by atoms with Gasteiger partial charge in [-0.05, 0) is 29.7 Å². The van der Waals surface area contributed by atoms with Gasteiger partial charge in [-0.25, -0.2) is 0 Å². The molecule has 0 unspecified atom stereocenters. The topological polar surface area (TPSA) is 33.0 Å². The minimum absolute atomic E-state index is 0.531. The van der Waals surface area contributed by atoms with Crippen LogP contribution in [-0.4, -0.2) is 0 Å². The molecule has 0 radical (unpaired) electrons. The highest BCUT2D eigenvalue weighted by Gasteiger charge is 2.02. The van der Waals surface area contributed by atoms with Crippen molar-refractivity contribution in [2.45, 2.75) is 19.4 Å². The third-order valence-corrected chi connectivity index (χ3v) is 3.52. The summed E-state index contributed by atoms with van der Waals surface area (Å²) >= 11 is 3.51. The van der Waals surface area contributed by atoms with Gasteiger partial charge in [0.25, 0.3) is 0 Å². The molecule has 0 aromatic heterocycles. The van der Waals surface area contributed by atoms with E-state index >= 15 is 0 Å². The van der Waals surface area contributed by atoms with Crippen molar-refractivity contribution in [2.75, 3.05) is 0 Å². The van der Waals surface area contributed by atoms with Crippen molar-refractivity contribution in [1.82, 2.24) is 0 Å². The Labute approximate surface area is 121 Å². The average molecular weight is 316 g/mol. The van der Waals surface area contributed by atoms with Gasteiger partial charge in [-0.15, -0.1) is 0 Å². The molecule has 0 N–H and O–H groups in total. The van der Waals surface area contributed by atoms with Gasteiger partial charge in [-0.1, -0.05) is 52.3 Å². The molecule has 0 spiro atoms. The van der Waals surface area contributed by atoms with Crippen LogP contribution >= 0.6 is 15.9 Å². The lowest BCUT2D eigenvalue weighted by molar-refractivity contribution is 0.306. The van der Waals surface area contributed by atoms with Gasteiger partial charge in [-0.3, -0.25) is 0 Å². The second-order valence-electron chi connectivity index (χ2n) is 4.19. The van der Waals surface area contributed by atoms with E-state index in [1.807, 2.05) is 48.5 Å². The van der Waals surface area contributed by atoms with Crippen molar-refractivity contribution >= 4 is 15.9 Å². The zero-order valence-corrected chi connectivity index (χ0v) is 12.1. The summed E-state index contributed by atoms with van der Waals surface area (Å²) in [6.07, 6.45) is 1.29. The Morgan fingerprint density at radius 1 is 1.11 bits per heavy atom. The van der Waals surface area contributed by atoms with Crippen LogP contribution in [0.15, 0.2) is 53.0 Å². The first-order valence-electron chi connectivity index (χ1n) is 6.11. The zero-order chi connectivity index (χ0) is 13.5. The number of aryl methyl sites for hydroxylation is 1. The number of hydrogen-bond acceptors (Lipinski definition) is 2. The molecule has 0 heterocycles. The largest absolute Gasteiger partial charge is 0.489 e. The lowest BCUT2D eigenvalue weighted by atomic mass is 10.1. The predicted octanol–water partition coefficient (Wildman–Crippen LogP) is 4.48. The van der Waals surface area contributed by atoms with E-state index in [4.69, 9.17) is 10.00 Å². The lowest BCUT2D eigenvalue weighted by Gasteiger charge is -2.08. The summed E-state index contributed by atoms with van der Waals surface area (Å²) in [7, 11) is 0. The number of nitriles is 1. The summed E-state index contributed by atoms with van der Waals surface area (Å²) in [5, 5.41) is 8.59. The Bertz CT molecular complexity index is 575. The Kier molecular flexibility index (Phi) is 5.00. The van der Waals surface area contributed by atoms with Crippen molar-refractivity contribution in [3.05, 3.63) is 64.1 Å². The quantitative estimate of drug-likeness (QED) is 0.814. The first kappa shape index (κ1) is 13.6. The van der Waals surface area contributed by atoms with Gasteiger partial charge < -0.3 is 4.74 Å². The highest BCUT2D eigenvalue weighted by molar-refractivity contribution is 9.10. The van der Waals surface area contributed by atoms with E-state index in [-0.39, 0.29) is 0 Å². The third-order valence-electron chi connectivity index (χ3n) is 2.78. The van der Waals surface area contributed by atoms with Gasteiger partial charge in [-0.2, -0.15) is 5.26 Å². The normalized spacial score (nSPS) is 9.89. The molecule has 3 heteroatoms. The molecule has 2 aromatic carbocycles. The minimum atomic E-state index is 0.531. The van der Waals surface area contributed by atoms with Crippen molar-refractivity contribution < 1.29 is 4.74 Å². The smallest absolute Gasteiger partial charge is 0.120 e. The number of benzene rings is 2. The fraction of sp³-hybridized carbons (Fsp3) is 0.188. The molecule has 0 aliphatic rings. The molecule has 96 valence electrons. The van der Waals surface area contributed by atoms with Crippen molar-refractivity contribution in [2.24, 2.45) is 0 Å². The summed E-state index contributed by atoms with van der Waals surface area (Å²) in [6.45, 7) is 0.560. The van der Waals surface area contributed by atoms with Crippen molar-refractivity contribution in [3.8, 4) is 11.8 Å². The van der Waals surface area contributed by atoms with E-state index in [0.29, 0.717) is 13.0 Å². The van der Waals surface area contributed by atoms with Gasteiger partial charge in [0, 0.05) is 10.9 Å². The Balaban J connectivity index is 1.98. The molecular weight excluding hydrogens is 302 g/mol. The number of halogens is 1. The molecule has 2 aromatic rings. The minimum Gasteiger partial charge on any atom is -0.489 e. The van der Waals surface area contributed by atoms with E-state index in [2.05, 4.69) is 22.0 Å². The van der Waals surface area contributed by atoms with Crippen LogP contribution in [-0.2, 0) is 13.0 Å². The average Bonchev–Trinajstić information content (AvgIpc) is 2.45. The third kappa shape index (κ3) is 4.11. The van der Waals surface area contributed by atoms with Crippen LogP contribution in [0.5, 0.6) is 5.75 Å². The van der Waals surface area contributed by atoms with Crippen LogP contribution in [0.25, 0.3) is 0 Å². The standard InChI is InChI=1S/C16H14BrNO/c17-16-11-15(9-8-14(16)7-4-10-18)19-12-13-5-2-1-3-6-13/h1-3,5-6,8-9,11H,4,7,12H2. The van der Waals surface area contributed by atoms with Crippen LogP contribution in [0.3, 0.4) is 0 Å². The van der Waals surface area contributed by atoms with Crippen LogP contribution in [0.4, 0.5) is 0 Å². The van der Waals surface area contributed by atoms with Crippen LogP contribution in [0.2, 0.25) is 0 Å². The van der Waals surface area contributed by atoms with Crippen LogP contribution in [0, 0.1) is 11.3 Å². The summed E-state index contributed by atoms with van der Waals surface area (Å²) < 4.78 is 6.73. The molecule has 0 saturated carbocycles. The van der Waals surface area contributed by atoms with Gasteiger partial charge in [0.1, 0.15) is 12.4 Å². The van der Waals surface area contributed by atoms with Gasteiger partial charge in [0.05, 0.1) is 6.07 Å². The van der Waals surface area contributed by atoms with E-state index in [1.54, 1.807) is 0 Å². The van der Waals surface area contributed by atoms with E-state index in [0.717, 1.165) is 27.8 Å². The molecule has 0 fully saturated rings. The Hall–Kier alpha value is -1.79. The van der Waals surface area contributed by atoms with Crippen molar-refractivity contribution in [3.63, 3.8) is 0 Å². The van der Waals surface area contributed by atoms with Crippen molar-refractivity contribution in [1.29, 1.82) is 5.26 Å². The second kappa shape index (κ2) is 6.96. The fourth-order valence-corrected chi connectivity index (χ4v) is 2.31. The molecule has 0 aliphatic carbocycles. The molecule has 19 heavy (non-hydrogen) atoms. The number of ether oxygens (including phenoxy) is 1. The fourth-order valence-electron chi connectivity index (χ4n) is 1.75. The lowest BCUT2D eigenvalue weighted by Crippen LogP contribution is -1.95. The molecule has 0 aliphatic heterocycles. The van der Waals surface area contributed by atoms with E-state index < -0.39 is 0 Å². The van der Waals surface area contributed by atoms with Gasteiger partial charge in [0.15, 0.2) is 0 Å². The maximum Gasteiger partial charge on any atom is 0.120 e. The first-order chi connectivity index (χ1) is 9.29. The molecule has 2 nitrogen and oxygen atoms in total. The summed E-state index contributed by atoms with van der Waals surface area (Å²) in [5.41, 5.74) is 2.28. The Morgan fingerprint density at radius 3 is 2.58 bits per heavy atom. The molecule has 0 bridgehead atoms. The van der Waals surface area contributed by atoms with Crippen LogP contribution in [0.1, 0.15) is 17.5 Å². The zero-order valence-electron chi connectivity index (χ0n) is 10.5. The first-order valence-corrected chi connectivity index (χ1v) is 6.91. The predicted molar refractivity (Wildman–Crippen MR) is 78.9 cm³/mol. The molecule has 0 atom stereocenters. The number of rotatable bonds is 5. The number of hydrogen-bond donors (Lipinski definition) is 0. The molecule has 0 saturated heterocycles. The maximum atomic E-state index is 8.59. The second-order valence-corrected chi connectivity index (χ2v) is 5.04. The molecule has 2 rings (SSSR count). The summed E-state index contributed by atoms with van der Waals surface area (Å²) in [5.74, 6) is 0.830. The van der Waals surface area contributed by atoms with E-state index in [1.165, 1.54) is 0 Å². The monoisotopic (exact) mass is 315 g/mol. The maximum absolute atomic E-state index is 8.59. The number of nitrogens with zero attached hydrogens (tertiary/aromatic N) is 1. The highest BCUT2D eigenvalue weighted by Crippen LogP contribution is 2.24. The molecular formula is C16H14BrNO. The van der Waals surface area contributed by atoms with E-state index in [9.17, 15) is 0 Å². The SMILES string of the molecule is N#CCCc1ccc(OCc2ccccc2)cc1Br. The molecule has 0 amide bonds. The summed E-state index contributed by atoms with van der Waals surface area (Å²) in [4.78, 5) is 0. The van der Waals surface area contributed by atoms with Crippen LogP contribution < -0.4 is 4.74 Å².